The van der Waals surface area contributed by atoms with E-state index in [9.17, 15) is 31.5 Å². The summed E-state index contributed by atoms with van der Waals surface area (Å²) in [6.45, 7) is 1.18. The van der Waals surface area contributed by atoms with E-state index < -0.39 is 40.7 Å². The van der Waals surface area contributed by atoms with Gasteiger partial charge in [-0.05, 0) is 19.1 Å². The minimum Gasteiger partial charge on any atom is -0.460 e. The molecule has 19 heavy (non-hydrogen) atoms. The summed E-state index contributed by atoms with van der Waals surface area (Å²) in [5.41, 5.74) is -2.96. The predicted molar refractivity (Wildman–Crippen MR) is 52.3 cm³/mol. The van der Waals surface area contributed by atoms with Crippen molar-refractivity contribution in [2.24, 2.45) is 0 Å². The number of carbonyl (C=O) groups is 2. The average molecular weight is 282 g/mol. The molecule has 0 aromatic heterocycles. The number of ether oxygens (including phenoxy) is 1. The lowest BCUT2D eigenvalue weighted by Crippen LogP contribution is -2.20. The molecular weight excluding hydrogens is 275 g/mol. The van der Waals surface area contributed by atoms with Crippen LogP contribution in [0.4, 0.5) is 22.0 Å². The highest BCUT2D eigenvalue weighted by Gasteiger charge is 2.37. The van der Waals surface area contributed by atoms with Crippen molar-refractivity contribution in [2.45, 2.75) is 13.1 Å². The zero-order valence-electron chi connectivity index (χ0n) is 9.48. The Morgan fingerprint density at radius 1 is 1.16 bits per heavy atom. The third-order valence-corrected chi connectivity index (χ3v) is 2.09. The second-order valence-corrected chi connectivity index (χ2v) is 3.34. The topological polar surface area (TPSA) is 43.4 Å². The van der Waals surface area contributed by atoms with Crippen LogP contribution in [0.15, 0.2) is 12.1 Å². The third kappa shape index (κ3) is 3.07. The molecule has 0 fully saturated rings. The molecule has 0 aliphatic rings. The van der Waals surface area contributed by atoms with Gasteiger partial charge in [0.15, 0.2) is 11.6 Å². The first-order valence-electron chi connectivity index (χ1n) is 4.96. The Morgan fingerprint density at radius 2 is 1.74 bits per heavy atom. The van der Waals surface area contributed by atoms with Gasteiger partial charge in [-0.1, -0.05) is 0 Å². The highest BCUT2D eigenvalue weighted by molar-refractivity contribution is 6.40. The monoisotopic (exact) mass is 282 g/mol. The van der Waals surface area contributed by atoms with E-state index in [2.05, 4.69) is 4.74 Å². The number of benzene rings is 1. The standard InChI is InChI=1S/C11H7F5O3/c1-2-19-10(18)9(17)5-3-4-6(11(14,15)16)8(13)7(5)12/h3-4H,2H2,1H3. The maximum atomic E-state index is 13.3. The summed E-state index contributed by atoms with van der Waals surface area (Å²) in [6, 6.07) is 0.575. The lowest BCUT2D eigenvalue weighted by atomic mass is 10.1. The number of Topliss-reactive ketones (excluding diaryl/α,β-unsaturated/α-hetero) is 1. The highest BCUT2D eigenvalue weighted by Crippen LogP contribution is 2.33. The molecule has 1 aromatic rings. The van der Waals surface area contributed by atoms with E-state index >= 15 is 0 Å². The molecule has 104 valence electrons. The van der Waals surface area contributed by atoms with Crippen LogP contribution in [0.2, 0.25) is 0 Å². The number of halogens is 5. The summed E-state index contributed by atoms with van der Waals surface area (Å²) in [5, 5.41) is 0. The zero-order chi connectivity index (χ0) is 14.8. The number of carbonyl (C=O) groups excluding carboxylic acids is 2. The number of ketones is 1. The maximum Gasteiger partial charge on any atom is 0.419 e. The fraction of sp³-hybridized carbons (Fsp3) is 0.273. The normalized spacial score (nSPS) is 11.3. The molecule has 1 aromatic carbocycles. The first-order valence-corrected chi connectivity index (χ1v) is 4.96. The number of rotatable bonds is 3. The van der Waals surface area contributed by atoms with Crippen LogP contribution in [0.3, 0.4) is 0 Å². The van der Waals surface area contributed by atoms with Crippen LogP contribution in [-0.4, -0.2) is 18.4 Å². The second-order valence-electron chi connectivity index (χ2n) is 3.34. The van der Waals surface area contributed by atoms with Crippen molar-refractivity contribution in [1.82, 2.24) is 0 Å². The molecule has 0 spiro atoms. The van der Waals surface area contributed by atoms with Crippen LogP contribution >= 0.6 is 0 Å². The van der Waals surface area contributed by atoms with Gasteiger partial charge in [0.05, 0.1) is 17.7 Å². The minimum atomic E-state index is -5.10. The first-order chi connectivity index (χ1) is 8.70. The van der Waals surface area contributed by atoms with Crippen LogP contribution < -0.4 is 0 Å². The van der Waals surface area contributed by atoms with E-state index in [1.54, 1.807) is 0 Å². The fourth-order valence-electron chi connectivity index (χ4n) is 1.25. The lowest BCUT2D eigenvalue weighted by molar-refractivity contribution is -0.140. The van der Waals surface area contributed by atoms with Gasteiger partial charge in [0, 0.05) is 0 Å². The smallest absolute Gasteiger partial charge is 0.419 e. The Balaban J connectivity index is 3.24. The quantitative estimate of drug-likeness (QED) is 0.370. The fourth-order valence-corrected chi connectivity index (χ4v) is 1.25. The first kappa shape index (κ1) is 15.1. The molecule has 0 bridgehead atoms. The molecule has 0 aliphatic heterocycles. The van der Waals surface area contributed by atoms with Gasteiger partial charge < -0.3 is 4.74 Å². The SMILES string of the molecule is CCOC(=O)C(=O)c1ccc(C(F)(F)F)c(F)c1F. The Hall–Kier alpha value is -1.99. The van der Waals surface area contributed by atoms with Crippen molar-refractivity contribution in [3.8, 4) is 0 Å². The number of esters is 1. The van der Waals surface area contributed by atoms with Gasteiger partial charge >= 0.3 is 12.1 Å². The molecule has 0 heterocycles. The van der Waals surface area contributed by atoms with E-state index in [-0.39, 0.29) is 12.7 Å². The number of hydrogen-bond donors (Lipinski definition) is 0. The molecule has 1 rings (SSSR count). The summed E-state index contributed by atoms with van der Waals surface area (Å²) < 4.78 is 67.5. The van der Waals surface area contributed by atoms with Gasteiger partial charge in [-0.2, -0.15) is 13.2 Å². The molecule has 8 heteroatoms. The third-order valence-electron chi connectivity index (χ3n) is 2.09. The summed E-state index contributed by atoms with van der Waals surface area (Å²) in [5.74, 6) is -7.29. The molecule has 0 saturated carbocycles. The van der Waals surface area contributed by atoms with Gasteiger partial charge in [-0.3, -0.25) is 4.79 Å². The van der Waals surface area contributed by atoms with Gasteiger partial charge in [-0.25, -0.2) is 13.6 Å². The molecule has 0 radical (unpaired) electrons. The van der Waals surface area contributed by atoms with E-state index in [1.165, 1.54) is 6.92 Å². The van der Waals surface area contributed by atoms with E-state index in [0.717, 1.165) is 0 Å². The van der Waals surface area contributed by atoms with E-state index in [0.29, 0.717) is 6.07 Å². The van der Waals surface area contributed by atoms with Crippen molar-refractivity contribution in [2.75, 3.05) is 6.61 Å². The minimum absolute atomic E-state index is 0.185. The maximum absolute atomic E-state index is 13.3. The van der Waals surface area contributed by atoms with Crippen LogP contribution in [-0.2, 0) is 15.7 Å². The second kappa shape index (κ2) is 5.33. The van der Waals surface area contributed by atoms with Crippen molar-refractivity contribution in [1.29, 1.82) is 0 Å². The summed E-state index contributed by atoms with van der Waals surface area (Å²) in [6.07, 6.45) is -5.10. The number of alkyl halides is 3. The molecule has 0 atom stereocenters. The Kier molecular flexibility index (Phi) is 4.23. The summed E-state index contributed by atoms with van der Waals surface area (Å²) in [7, 11) is 0. The van der Waals surface area contributed by atoms with Crippen molar-refractivity contribution in [3.63, 3.8) is 0 Å². The molecule has 3 nitrogen and oxygen atoms in total. The van der Waals surface area contributed by atoms with Crippen molar-refractivity contribution in [3.05, 3.63) is 34.9 Å². The summed E-state index contributed by atoms with van der Waals surface area (Å²) in [4.78, 5) is 22.3. The zero-order valence-corrected chi connectivity index (χ0v) is 9.48. The highest BCUT2D eigenvalue weighted by atomic mass is 19.4. The van der Waals surface area contributed by atoms with Crippen LogP contribution in [0.5, 0.6) is 0 Å². The Morgan fingerprint density at radius 3 is 2.21 bits per heavy atom. The number of hydrogen-bond acceptors (Lipinski definition) is 3. The van der Waals surface area contributed by atoms with Gasteiger partial charge in [-0.15, -0.1) is 0 Å². The summed E-state index contributed by atoms with van der Waals surface area (Å²) >= 11 is 0. The molecule has 0 amide bonds. The lowest BCUT2D eigenvalue weighted by Gasteiger charge is -2.10. The van der Waals surface area contributed by atoms with E-state index in [1.807, 2.05) is 0 Å². The van der Waals surface area contributed by atoms with Gasteiger partial charge in [0.1, 0.15) is 0 Å². The van der Waals surface area contributed by atoms with Crippen LogP contribution in [0.1, 0.15) is 22.8 Å². The molecule has 0 aliphatic carbocycles. The Bertz CT molecular complexity index is 522. The molecule has 0 unspecified atom stereocenters. The average Bonchev–Trinajstić information content (AvgIpc) is 2.30. The molecule has 0 saturated heterocycles. The van der Waals surface area contributed by atoms with Gasteiger partial charge in [0.2, 0.25) is 0 Å². The molecular formula is C11H7F5O3. The largest absolute Gasteiger partial charge is 0.460 e. The van der Waals surface area contributed by atoms with E-state index in [4.69, 9.17) is 0 Å². The van der Waals surface area contributed by atoms with Crippen LogP contribution in [0.25, 0.3) is 0 Å². The van der Waals surface area contributed by atoms with Crippen LogP contribution in [0, 0.1) is 11.6 Å². The van der Waals surface area contributed by atoms with Crippen molar-refractivity contribution >= 4 is 11.8 Å². The molecule has 0 N–H and O–H groups in total. The predicted octanol–water partition coefficient (Wildman–Crippen LogP) is 2.73. The van der Waals surface area contributed by atoms with Crippen molar-refractivity contribution < 1.29 is 36.3 Å². The van der Waals surface area contributed by atoms with Gasteiger partial charge in [0.25, 0.3) is 5.78 Å². The Labute approximate surface area is 104 Å².